The molecule has 1 aliphatic carbocycles. The Morgan fingerprint density at radius 2 is 2.17 bits per heavy atom. The summed E-state index contributed by atoms with van der Waals surface area (Å²) in [6.07, 6.45) is 2.07. The highest BCUT2D eigenvalue weighted by atomic mass is 35.5. The van der Waals surface area contributed by atoms with Gasteiger partial charge in [0.25, 0.3) is 0 Å². The molecule has 1 amide bonds. The second-order valence-electron chi connectivity index (χ2n) is 4.52. The molecule has 0 unspecified atom stereocenters. The van der Waals surface area contributed by atoms with Gasteiger partial charge in [0.15, 0.2) is 0 Å². The fourth-order valence-corrected chi connectivity index (χ4v) is 2.09. The number of ether oxygens (including phenoxy) is 1. The fraction of sp³-hybridized carbons (Fsp3) is 0.462. The van der Waals surface area contributed by atoms with E-state index < -0.39 is 0 Å². The lowest BCUT2D eigenvalue weighted by molar-refractivity contribution is -0.122. The average molecular weight is 269 g/mol. The summed E-state index contributed by atoms with van der Waals surface area (Å²) in [7, 11) is 0. The van der Waals surface area contributed by atoms with Gasteiger partial charge in [0.2, 0.25) is 5.91 Å². The second kappa shape index (κ2) is 6.07. The van der Waals surface area contributed by atoms with Crippen LogP contribution in [0.1, 0.15) is 19.3 Å². The van der Waals surface area contributed by atoms with Crippen LogP contribution in [0, 0.1) is 0 Å². The number of halogens is 1. The van der Waals surface area contributed by atoms with Crippen molar-refractivity contribution in [3.63, 3.8) is 0 Å². The number of hydrogen-bond acceptors (Lipinski definition) is 3. The molecule has 0 aromatic heterocycles. The third kappa shape index (κ3) is 3.62. The Kier molecular flexibility index (Phi) is 4.44. The molecule has 18 heavy (non-hydrogen) atoms. The predicted molar refractivity (Wildman–Crippen MR) is 70.7 cm³/mol. The van der Waals surface area contributed by atoms with Crippen molar-refractivity contribution in [3.8, 4) is 5.75 Å². The normalized spacial score (nSPS) is 22.1. The van der Waals surface area contributed by atoms with E-state index >= 15 is 0 Å². The summed E-state index contributed by atoms with van der Waals surface area (Å²) < 4.78 is 5.44. The zero-order chi connectivity index (χ0) is 13.0. The van der Waals surface area contributed by atoms with Gasteiger partial charge in [-0.1, -0.05) is 23.7 Å². The largest absolute Gasteiger partial charge is 0.491 e. The van der Waals surface area contributed by atoms with Crippen molar-refractivity contribution >= 4 is 17.5 Å². The SMILES string of the molecule is NC1CC(NC(=O)CCOc2ccccc2Cl)C1. The number of benzene rings is 1. The molecule has 0 spiro atoms. The molecule has 1 aliphatic rings. The molecule has 0 bridgehead atoms. The summed E-state index contributed by atoms with van der Waals surface area (Å²) in [4.78, 5) is 11.6. The molecule has 0 heterocycles. The van der Waals surface area contributed by atoms with E-state index in [1.165, 1.54) is 0 Å². The molecule has 1 aromatic carbocycles. The first-order valence-corrected chi connectivity index (χ1v) is 6.45. The van der Waals surface area contributed by atoms with Crippen molar-refractivity contribution in [1.29, 1.82) is 0 Å². The molecule has 3 N–H and O–H groups in total. The van der Waals surface area contributed by atoms with Crippen LogP contribution in [0.5, 0.6) is 5.75 Å². The Hall–Kier alpha value is -1.26. The third-order valence-corrected chi connectivity index (χ3v) is 3.28. The highest BCUT2D eigenvalue weighted by Gasteiger charge is 2.26. The molecule has 5 heteroatoms. The summed E-state index contributed by atoms with van der Waals surface area (Å²) in [6.45, 7) is 0.328. The van der Waals surface area contributed by atoms with E-state index in [9.17, 15) is 4.79 Å². The monoisotopic (exact) mass is 268 g/mol. The fourth-order valence-electron chi connectivity index (χ4n) is 1.90. The minimum Gasteiger partial charge on any atom is -0.491 e. The van der Waals surface area contributed by atoms with Gasteiger partial charge < -0.3 is 15.8 Å². The third-order valence-electron chi connectivity index (χ3n) is 2.96. The number of carbonyl (C=O) groups is 1. The molecule has 1 fully saturated rings. The van der Waals surface area contributed by atoms with Crippen LogP contribution in [-0.4, -0.2) is 24.6 Å². The van der Waals surface area contributed by atoms with Gasteiger partial charge in [0.05, 0.1) is 18.1 Å². The lowest BCUT2D eigenvalue weighted by Gasteiger charge is -2.32. The smallest absolute Gasteiger partial charge is 0.223 e. The van der Waals surface area contributed by atoms with Crippen molar-refractivity contribution in [2.24, 2.45) is 5.73 Å². The van der Waals surface area contributed by atoms with Gasteiger partial charge in [0, 0.05) is 12.1 Å². The van der Waals surface area contributed by atoms with Crippen LogP contribution in [0.4, 0.5) is 0 Å². The van der Waals surface area contributed by atoms with Crippen LogP contribution in [0.2, 0.25) is 5.02 Å². The lowest BCUT2D eigenvalue weighted by atomic mass is 9.87. The van der Waals surface area contributed by atoms with Crippen LogP contribution in [0.15, 0.2) is 24.3 Å². The van der Waals surface area contributed by atoms with E-state index in [1.54, 1.807) is 12.1 Å². The Labute approximate surface area is 111 Å². The predicted octanol–water partition coefficient (Wildman–Crippen LogP) is 1.71. The van der Waals surface area contributed by atoms with E-state index in [2.05, 4.69) is 5.32 Å². The highest BCUT2D eigenvalue weighted by Crippen LogP contribution is 2.23. The maximum absolute atomic E-state index is 11.6. The first-order valence-electron chi connectivity index (χ1n) is 6.07. The molecule has 98 valence electrons. The van der Waals surface area contributed by atoms with Crippen LogP contribution >= 0.6 is 11.6 Å². The summed E-state index contributed by atoms with van der Waals surface area (Å²) in [5.41, 5.74) is 5.65. The van der Waals surface area contributed by atoms with Crippen LogP contribution in [0.25, 0.3) is 0 Å². The van der Waals surface area contributed by atoms with Gasteiger partial charge in [-0.15, -0.1) is 0 Å². The van der Waals surface area contributed by atoms with Crippen LogP contribution < -0.4 is 15.8 Å². The minimum absolute atomic E-state index is 0.000969. The van der Waals surface area contributed by atoms with Gasteiger partial charge in [-0.25, -0.2) is 0 Å². The van der Waals surface area contributed by atoms with Gasteiger partial charge >= 0.3 is 0 Å². The van der Waals surface area contributed by atoms with Crippen molar-refractivity contribution < 1.29 is 9.53 Å². The van der Waals surface area contributed by atoms with Gasteiger partial charge in [0.1, 0.15) is 5.75 Å². The number of para-hydroxylation sites is 1. The molecule has 0 radical (unpaired) electrons. The summed E-state index contributed by atoms with van der Waals surface area (Å²) in [5, 5.41) is 3.47. The standard InChI is InChI=1S/C13H17ClN2O2/c14-11-3-1-2-4-12(11)18-6-5-13(17)16-10-7-9(15)8-10/h1-4,9-10H,5-8,15H2,(H,16,17). The summed E-state index contributed by atoms with van der Waals surface area (Å²) in [6, 6.07) is 7.71. The van der Waals surface area contributed by atoms with Crippen LogP contribution in [0.3, 0.4) is 0 Å². The zero-order valence-electron chi connectivity index (χ0n) is 10.1. The maximum Gasteiger partial charge on any atom is 0.223 e. The number of amides is 1. The van der Waals surface area contributed by atoms with Gasteiger partial charge in [-0.2, -0.15) is 0 Å². The Morgan fingerprint density at radius 1 is 1.44 bits per heavy atom. The van der Waals surface area contributed by atoms with E-state index in [1.807, 2.05) is 12.1 Å². The number of hydrogen-bond donors (Lipinski definition) is 2. The molecular weight excluding hydrogens is 252 g/mol. The number of nitrogens with one attached hydrogen (secondary N) is 1. The summed E-state index contributed by atoms with van der Waals surface area (Å²) >= 11 is 5.93. The average Bonchev–Trinajstić information content (AvgIpc) is 2.30. The zero-order valence-corrected chi connectivity index (χ0v) is 10.8. The van der Waals surface area contributed by atoms with E-state index in [-0.39, 0.29) is 18.0 Å². The second-order valence-corrected chi connectivity index (χ2v) is 4.93. The molecule has 1 saturated carbocycles. The molecule has 0 atom stereocenters. The van der Waals surface area contributed by atoms with E-state index in [4.69, 9.17) is 22.1 Å². The van der Waals surface area contributed by atoms with Crippen molar-refractivity contribution in [3.05, 3.63) is 29.3 Å². The van der Waals surface area contributed by atoms with Gasteiger partial charge in [-0.05, 0) is 25.0 Å². The summed E-state index contributed by atoms with van der Waals surface area (Å²) in [5.74, 6) is 0.608. The van der Waals surface area contributed by atoms with E-state index in [0.29, 0.717) is 23.8 Å². The Morgan fingerprint density at radius 3 is 2.83 bits per heavy atom. The molecule has 0 aliphatic heterocycles. The molecular formula is C13H17ClN2O2. The van der Waals surface area contributed by atoms with Crippen molar-refractivity contribution in [2.75, 3.05) is 6.61 Å². The molecule has 1 aromatic rings. The maximum atomic E-state index is 11.6. The van der Waals surface area contributed by atoms with Crippen molar-refractivity contribution in [1.82, 2.24) is 5.32 Å². The van der Waals surface area contributed by atoms with Gasteiger partial charge in [-0.3, -0.25) is 4.79 Å². The minimum atomic E-state index is -0.000969. The highest BCUT2D eigenvalue weighted by molar-refractivity contribution is 6.32. The Balaban J connectivity index is 1.66. The Bertz CT molecular complexity index is 419. The quantitative estimate of drug-likeness (QED) is 0.855. The van der Waals surface area contributed by atoms with Crippen molar-refractivity contribution in [2.45, 2.75) is 31.3 Å². The van der Waals surface area contributed by atoms with E-state index in [0.717, 1.165) is 12.8 Å². The molecule has 4 nitrogen and oxygen atoms in total. The number of nitrogens with two attached hydrogens (primary N) is 1. The first kappa shape index (κ1) is 13.2. The topological polar surface area (TPSA) is 64.3 Å². The lowest BCUT2D eigenvalue weighted by Crippen LogP contribution is -2.50. The first-order chi connectivity index (χ1) is 8.65. The molecule has 2 rings (SSSR count). The number of carbonyl (C=O) groups excluding carboxylic acids is 1. The molecule has 0 saturated heterocycles. The van der Waals surface area contributed by atoms with Crippen LogP contribution in [-0.2, 0) is 4.79 Å². The number of rotatable bonds is 5.